The number of aliphatic hydroxyl groups is 1. The topological polar surface area (TPSA) is 20.2 Å². The lowest BCUT2D eigenvalue weighted by atomic mass is 9.77. The Labute approximate surface area is 139 Å². The van der Waals surface area contributed by atoms with Crippen molar-refractivity contribution in [1.82, 2.24) is 0 Å². The number of quaternary nitrogens is 1. The van der Waals surface area contributed by atoms with Gasteiger partial charge < -0.3 is 9.59 Å². The fourth-order valence-corrected chi connectivity index (χ4v) is 4.79. The Morgan fingerprint density at radius 1 is 0.913 bits per heavy atom. The third-order valence-electron chi connectivity index (χ3n) is 6.09. The van der Waals surface area contributed by atoms with E-state index in [2.05, 4.69) is 42.5 Å². The minimum Gasteiger partial charge on any atom is -0.382 e. The number of piperidine rings is 3. The van der Waals surface area contributed by atoms with Gasteiger partial charge in [0.1, 0.15) is 18.7 Å². The molecule has 3 heterocycles. The first-order chi connectivity index (χ1) is 11.3. The largest absolute Gasteiger partial charge is 0.382 e. The zero-order valence-electron chi connectivity index (χ0n) is 13.6. The summed E-state index contributed by atoms with van der Waals surface area (Å²) in [5, 5.41) is 11.1. The molecule has 2 bridgehead atoms. The van der Waals surface area contributed by atoms with Crippen LogP contribution in [-0.2, 0) is 6.54 Å². The average molecular weight is 308 g/mol. The van der Waals surface area contributed by atoms with E-state index < -0.39 is 0 Å². The third kappa shape index (κ3) is 2.82. The van der Waals surface area contributed by atoms with E-state index in [4.69, 9.17) is 0 Å². The maximum absolute atomic E-state index is 11.1. The van der Waals surface area contributed by atoms with Crippen molar-refractivity contribution in [3.05, 3.63) is 71.8 Å². The third-order valence-corrected chi connectivity index (χ3v) is 6.09. The first-order valence-corrected chi connectivity index (χ1v) is 8.90. The second kappa shape index (κ2) is 6.10. The van der Waals surface area contributed by atoms with Gasteiger partial charge in [0.2, 0.25) is 0 Å². The molecular weight excluding hydrogens is 282 g/mol. The second-order valence-electron chi connectivity index (χ2n) is 7.41. The highest BCUT2D eigenvalue weighted by molar-refractivity contribution is 5.19. The summed E-state index contributed by atoms with van der Waals surface area (Å²) in [6.45, 7) is 3.49. The van der Waals surface area contributed by atoms with E-state index in [1.54, 1.807) is 0 Å². The van der Waals surface area contributed by atoms with Gasteiger partial charge in [-0.15, -0.1) is 0 Å². The van der Waals surface area contributed by atoms with Gasteiger partial charge in [-0.2, -0.15) is 0 Å². The van der Waals surface area contributed by atoms with Gasteiger partial charge in [0.15, 0.2) is 0 Å². The monoisotopic (exact) mass is 308 g/mol. The molecule has 0 saturated carbocycles. The molecule has 2 heteroatoms. The van der Waals surface area contributed by atoms with Crippen LogP contribution in [0.1, 0.15) is 36.5 Å². The summed E-state index contributed by atoms with van der Waals surface area (Å²) in [4.78, 5) is 0. The molecule has 23 heavy (non-hydrogen) atoms. The Kier molecular flexibility index (Phi) is 3.96. The zero-order chi connectivity index (χ0) is 15.7. The molecule has 3 saturated heterocycles. The number of aliphatic hydroxyl groups excluding tert-OH is 1. The predicted octanol–water partition coefficient (Wildman–Crippen LogP) is 3.92. The first-order valence-electron chi connectivity index (χ1n) is 8.90. The maximum Gasteiger partial charge on any atom is 0.131 e. The van der Waals surface area contributed by atoms with Gasteiger partial charge in [-0.1, -0.05) is 60.7 Å². The highest BCUT2D eigenvalue weighted by atomic mass is 16.3. The minimum atomic E-state index is -0.344. The molecule has 120 valence electrons. The van der Waals surface area contributed by atoms with Crippen LogP contribution in [0.4, 0.5) is 0 Å². The summed E-state index contributed by atoms with van der Waals surface area (Å²) in [6, 6.07) is 21.4. The van der Waals surface area contributed by atoms with Gasteiger partial charge in [-0.25, -0.2) is 0 Å². The second-order valence-corrected chi connectivity index (χ2v) is 7.41. The minimum absolute atomic E-state index is 0.338. The maximum atomic E-state index is 11.1. The van der Waals surface area contributed by atoms with Gasteiger partial charge >= 0.3 is 0 Å². The van der Waals surface area contributed by atoms with Crippen LogP contribution in [0.5, 0.6) is 0 Å². The standard InChI is InChI=1S/C21H26NO/c23-21(19-9-5-2-6-10-19)20-15-17-11-13-22(20,14-12-17)16-18-7-3-1-4-8-18/h1-10,17,20-21,23H,11-16H2/q+1/t17?,20-,21-,22?/m1/s1. The molecule has 0 aliphatic carbocycles. The van der Waals surface area contributed by atoms with Crippen molar-refractivity contribution in [2.45, 2.75) is 38.0 Å². The molecule has 3 aliphatic heterocycles. The SMILES string of the molecule is O[C@H](c1ccccc1)[C@H]1CC2CC[N+]1(Cc1ccccc1)CC2. The van der Waals surface area contributed by atoms with Crippen molar-refractivity contribution in [2.75, 3.05) is 13.1 Å². The molecule has 1 N–H and O–H groups in total. The van der Waals surface area contributed by atoms with Gasteiger partial charge in [0.05, 0.1) is 13.1 Å². The van der Waals surface area contributed by atoms with Crippen LogP contribution in [0.3, 0.4) is 0 Å². The first kappa shape index (κ1) is 14.9. The van der Waals surface area contributed by atoms with E-state index in [0.29, 0.717) is 6.04 Å². The van der Waals surface area contributed by atoms with Crippen LogP contribution in [0.25, 0.3) is 0 Å². The van der Waals surface area contributed by atoms with E-state index in [1.165, 1.54) is 37.9 Å². The van der Waals surface area contributed by atoms with Crippen LogP contribution >= 0.6 is 0 Å². The van der Waals surface area contributed by atoms with Crippen molar-refractivity contribution in [1.29, 1.82) is 0 Å². The summed E-state index contributed by atoms with van der Waals surface area (Å²) in [5.74, 6) is 0.814. The lowest BCUT2D eigenvalue weighted by molar-refractivity contribution is -0.981. The molecule has 0 radical (unpaired) electrons. The van der Waals surface area contributed by atoms with Crippen LogP contribution in [0, 0.1) is 5.92 Å². The number of benzene rings is 2. The molecule has 0 aromatic heterocycles. The molecule has 5 rings (SSSR count). The lowest BCUT2D eigenvalue weighted by Crippen LogP contribution is -2.65. The number of nitrogens with zero attached hydrogens (tertiary/aromatic N) is 1. The molecule has 0 amide bonds. The van der Waals surface area contributed by atoms with Gasteiger partial charge in [0.25, 0.3) is 0 Å². The highest BCUT2D eigenvalue weighted by Crippen LogP contribution is 2.44. The Morgan fingerprint density at radius 2 is 1.52 bits per heavy atom. The van der Waals surface area contributed by atoms with Crippen molar-refractivity contribution >= 4 is 0 Å². The van der Waals surface area contributed by atoms with Crippen LogP contribution in [-0.4, -0.2) is 28.7 Å². The summed E-state index contributed by atoms with van der Waals surface area (Å²) < 4.78 is 1.07. The zero-order valence-corrected chi connectivity index (χ0v) is 13.6. The molecule has 2 nitrogen and oxygen atoms in total. The smallest absolute Gasteiger partial charge is 0.131 e. The normalized spacial score (nSPS) is 31.0. The summed E-state index contributed by atoms with van der Waals surface area (Å²) in [5.41, 5.74) is 2.48. The van der Waals surface area contributed by atoms with Crippen molar-refractivity contribution in [2.24, 2.45) is 5.92 Å². The number of fused-ring (bicyclic) bond motifs is 3. The van der Waals surface area contributed by atoms with E-state index in [0.717, 1.165) is 22.5 Å². The van der Waals surface area contributed by atoms with Crippen LogP contribution in [0.2, 0.25) is 0 Å². The summed E-state index contributed by atoms with van der Waals surface area (Å²) >= 11 is 0. The molecule has 2 atom stereocenters. The van der Waals surface area contributed by atoms with Crippen LogP contribution in [0.15, 0.2) is 60.7 Å². The van der Waals surface area contributed by atoms with E-state index >= 15 is 0 Å². The molecule has 3 fully saturated rings. The van der Waals surface area contributed by atoms with E-state index in [-0.39, 0.29) is 6.10 Å². The molecule has 0 unspecified atom stereocenters. The quantitative estimate of drug-likeness (QED) is 0.849. The van der Waals surface area contributed by atoms with Gasteiger partial charge in [-0.3, -0.25) is 0 Å². The Hall–Kier alpha value is -1.64. The van der Waals surface area contributed by atoms with Gasteiger partial charge in [-0.05, 0) is 24.3 Å². The molecule has 2 aromatic carbocycles. The summed E-state index contributed by atoms with van der Waals surface area (Å²) in [7, 11) is 0. The number of hydrogen-bond donors (Lipinski definition) is 1. The molecular formula is C21H26NO+. The molecule has 3 aliphatic rings. The van der Waals surface area contributed by atoms with Crippen molar-refractivity contribution in [3.63, 3.8) is 0 Å². The Morgan fingerprint density at radius 3 is 2.17 bits per heavy atom. The van der Waals surface area contributed by atoms with E-state index in [1.807, 2.05) is 18.2 Å². The fourth-order valence-electron chi connectivity index (χ4n) is 4.79. The highest BCUT2D eigenvalue weighted by Gasteiger charge is 2.50. The van der Waals surface area contributed by atoms with Gasteiger partial charge in [0, 0.05) is 12.0 Å². The Bertz CT molecular complexity index is 631. The number of rotatable bonds is 4. The van der Waals surface area contributed by atoms with Crippen molar-refractivity contribution in [3.8, 4) is 0 Å². The molecule has 0 spiro atoms. The fraction of sp³-hybridized carbons (Fsp3) is 0.429. The summed E-state index contributed by atoms with van der Waals surface area (Å²) in [6.07, 6.45) is 3.47. The average Bonchev–Trinajstić information content (AvgIpc) is 2.63. The number of hydrogen-bond acceptors (Lipinski definition) is 1. The van der Waals surface area contributed by atoms with Crippen LogP contribution < -0.4 is 0 Å². The molecule has 2 aromatic rings. The lowest BCUT2D eigenvalue weighted by Gasteiger charge is -2.55. The van der Waals surface area contributed by atoms with Crippen molar-refractivity contribution < 1.29 is 9.59 Å². The van der Waals surface area contributed by atoms with E-state index in [9.17, 15) is 5.11 Å². The predicted molar refractivity (Wildman–Crippen MR) is 92.7 cm³/mol. The Balaban J connectivity index is 1.64.